The lowest BCUT2D eigenvalue weighted by molar-refractivity contribution is -0.385. The number of rotatable bonds is 5. The lowest BCUT2D eigenvalue weighted by Gasteiger charge is -2.12. The Kier molecular flexibility index (Phi) is 4.55. The first kappa shape index (κ1) is 14.3. The molecule has 0 saturated heterocycles. The SMILES string of the molecule is CC(=O)C(Cl)c1ccc([N+](=O)[O-])cc1OC(F)F. The maximum absolute atomic E-state index is 12.2. The van der Waals surface area contributed by atoms with Gasteiger partial charge in [0.15, 0.2) is 5.78 Å². The number of non-ortho nitro benzene ring substituents is 1. The zero-order valence-corrected chi connectivity index (χ0v) is 9.86. The predicted molar refractivity (Wildman–Crippen MR) is 59.0 cm³/mol. The highest BCUT2D eigenvalue weighted by Gasteiger charge is 2.22. The number of nitro benzene ring substituents is 1. The number of carbonyl (C=O) groups is 1. The summed E-state index contributed by atoms with van der Waals surface area (Å²) in [6, 6.07) is 2.99. The number of ketones is 1. The number of halogens is 3. The minimum atomic E-state index is -3.17. The van der Waals surface area contributed by atoms with E-state index >= 15 is 0 Å². The maximum atomic E-state index is 12.2. The molecular weight excluding hydrogens is 272 g/mol. The molecule has 0 aromatic heterocycles. The van der Waals surface area contributed by atoms with E-state index in [4.69, 9.17) is 11.6 Å². The minimum Gasteiger partial charge on any atom is -0.434 e. The van der Waals surface area contributed by atoms with Gasteiger partial charge < -0.3 is 4.74 Å². The summed E-state index contributed by atoms with van der Waals surface area (Å²) in [4.78, 5) is 20.8. The van der Waals surface area contributed by atoms with Crippen molar-refractivity contribution >= 4 is 23.1 Å². The van der Waals surface area contributed by atoms with E-state index in [1.807, 2.05) is 0 Å². The van der Waals surface area contributed by atoms with Crippen LogP contribution in [0.4, 0.5) is 14.5 Å². The first-order valence-corrected chi connectivity index (χ1v) is 5.14. The molecule has 98 valence electrons. The fourth-order valence-corrected chi connectivity index (χ4v) is 1.44. The Labute approximate surface area is 105 Å². The first-order chi connectivity index (χ1) is 8.32. The van der Waals surface area contributed by atoms with Gasteiger partial charge in [0, 0.05) is 11.6 Å². The van der Waals surface area contributed by atoms with Gasteiger partial charge in [-0.05, 0) is 13.0 Å². The number of hydrogen-bond acceptors (Lipinski definition) is 4. The lowest BCUT2D eigenvalue weighted by atomic mass is 10.1. The van der Waals surface area contributed by atoms with Gasteiger partial charge in [0.05, 0.1) is 11.0 Å². The topological polar surface area (TPSA) is 69.4 Å². The van der Waals surface area contributed by atoms with Crippen molar-refractivity contribution < 1.29 is 23.2 Å². The number of carbonyl (C=O) groups excluding carboxylic acids is 1. The van der Waals surface area contributed by atoms with Crippen LogP contribution in [0.15, 0.2) is 18.2 Å². The molecule has 5 nitrogen and oxygen atoms in total. The molecule has 1 aromatic rings. The quantitative estimate of drug-likeness (QED) is 0.472. The third-order valence-corrected chi connectivity index (χ3v) is 2.60. The van der Waals surface area contributed by atoms with Gasteiger partial charge in [-0.3, -0.25) is 14.9 Å². The molecule has 18 heavy (non-hydrogen) atoms. The van der Waals surface area contributed by atoms with Crippen molar-refractivity contribution in [1.29, 1.82) is 0 Å². The fraction of sp³-hybridized carbons (Fsp3) is 0.300. The highest BCUT2D eigenvalue weighted by Crippen LogP contribution is 2.34. The molecule has 0 aliphatic rings. The Morgan fingerprint density at radius 1 is 1.50 bits per heavy atom. The second-order valence-electron chi connectivity index (χ2n) is 3.33. The Morgan fingerprint density at radius 2 is 2.11 bits per heavy atom. The molecule has 0 aliphatic heterocycles. The van der Waals surface area contributed by atoms with Gasteiger partial charge in [0.2, 0.25) is 0 Å². The molecule has 0 N–H and O–H groups in total. The van der Waals surface area contributed by atoms with Crippen LogP contribution >= 0.6 is 11.6 Å². The molecule has 0 spiro atoms. The second kappa shape index (κ2) is 5.72. The molecule has 0 heterocycles. The van der Waals surface area contributed by atoms with Crippen LogP contribution in [-0.4, -0.2) is 17.3 Å². The smallest absolute Gasteiger partial charge is 0.387 e. The highest BCUT2D eigenvalue weighted by molar-refractivity contribution is 6.31. The summed E-state index contributed by atoms with van der Waals surface area (Å²) in [7, 11) is 0. The number of nitrogens with zero attached hydrogens (tertiary/aromatic N) is 1. The molecule has 1 aromatic carbocycles. The molecule has 0 amide bonds. The molecule has 0 radical (unpaired) electrons. The molecule has 0 bridgehead atoms. The lowest BCUT2D eigenvalue weighted by Crippen LogP contribution is -2.09. The molecule has 0 fully saturated rings. The van der Waals surface area contributed by atoms with Crippen molar-refractivity contribution in [2.45, 2.75) is 18.9 Å². The monoisotopic (exact) mass is 279 g/mol. The van der Waals surface area contributed by atoms with Crippen LogP contribution in [0.3, 0.4) is 0 Å². The summed E-state index contributed by atoms with van der Waals surface area (Å²) in [5, 5.41) is 9.32. The summed E-state index contributed by atoms with van der Waals surface area (Å²) in [5.74, 6) is -0.959. The summed E-state index contributed by atoms with van der Waals surface area (Å²) in [5.41, 5.74) is -0.461. The number of benzene rings is 1. The Morgan fingerprint density at radius 3 is 2.56 bits per heavy atom. The highest BCUT2D eigenvalue weighted by atomic mass is 35.5. The molecule has 0 aliphatic carbocycles. The van der Waals surface area contributed by atoms with Gasteiger partial charge in [0.1, 0.15) is 11.1 Å². The van der Waals surface area contributed by atoms with Crippen molar-refractivity contribution in [3.63, 3.8) is 0 Å². The minimum absolute atomic E-state index is 0.0323. The van der Waals surface area contributed by atoms with Gasteiger partial charge >= 0.3 is 6.61 Å². The van der Waals surface area contributed by atoms with Gasteiger partial charge in [0.25, 0.3) is 5.69 Å². The third-order valence-electron chi connectivity index (χ3n) is 2.05. The summed E-state index contributed by atoms with van der Waals surface area (Å²) in [6.07, 6.45) is 0. The number of alkyl halides is 3. The third kappa shape index (κ3) is 3.36. The summed E-state index contributed by atoms with van der Waals surface area (Å²) in [6.45, 7) is -1.99. The average molecular weight is 280 g/mol. The van der Waals surface area contributed by atoms with Gasteiger partial charge in [-0.1, -0.05) is 0 Å². The standard InChI is InChI=1S/C10H8ClF2NO4/c1-5(15)9(11)7-3-2-6(14(16)17)4-8(7)18-10(12)13/h2-4,9-10H,1H3. The fourth-order valence-electron chi connectivity index (χ4n) is 1.26. The molecule has 8 heteroatoms. The summed E-state index contributed by atoms with van der Waals surface area (Å²) >= 11 is 5.72. The molecule has 1 unspecified atom stereocenters. The Hall–Kier alpha value is -1.76. The van der Waals surface area contributed by atoms with Crippen LogP contribution in [0.5, 0.6) is 5.75 Å². The van der Waals surface area contributed by atoms with Crippen LogP contribution in [-0.2, 0) is 4.79 Å². The molecule has 0 saturated carbocycles. The predicted octanol–water partition coefficient (Wildman–Crippen LogP) is 3.07. The first-order valence-electron chi connectivity index (χ1n) is 4.70. The van der Waals surface area contributed by atoms with E-state index in [2.05, 4.69) is 4.74 Å². The van der Waals surface area contributed by atoms with E-state index in [1.54, 1.807) is 0 Å². The number of hydrogen-bond donors (Lipinski definition) is 0. The van der Waals surface area contributed by atoms with Crippen molar-refractivity contribution in [2.24, 2.45) is 0 Å². The zero-order valence-electron chi connectivity index (χ0n) is 9.10. The second-order valence-corrected chi connectivity index (χ2v) is 3.77. The zero-order chi connectivity index (χ0) is 13.9. The van der Waals surface area contributed by atoms with E-state index in [0.717, 1.165) is 18.2 Å². The van der Waals surface area contributed by atoms with Crippen molar-refractivity contribution in [2.75, 3.05) is 0 Å². The van der Waals surface area contributed by atoms with Crippen molar-refractivity contribution in [3.8, 4) is 5.75 Å². The van der Waals surface area contributed by atoms with E-state index in [0.29, 0.717) is 0 Å². The summed E-state index contributed by atoms with van der Waals surface area (Å²) < 4.78 is 28.5. The van der Waals surface area contributed by atoms with E-state index in [1.165, 1.54) is 6.92 Å². The van der Waals surface area contributed by atoms with Crippen LogP contribution in [0.1, 0.15) is 17.9 Å². The largest absolute Gasteiger partial charge is 0.434 e. The molecule has 1 atom stereocenters. The normalized spacial score (nSPS) is 12.3. The number of ether oxygens (including phenoxy) is 1. The van der Waals surface area contributed by atoms with Crippen molar-refractivity contribution in [3.05, 3.63) is 33.9 Å². The Bertz CT molecular complexity index is 481. The van der Waals surface area contributed by atoms with Crippen LogP contribution in [0.25, 0.3) is 0 Å². The number of nitro groups is 1. The maximum Gasteiger partial charge on any atom is 0.387 e. The van der Waals surface area contributed by atoms with Crippen LogP contribution in [0.2, 0.25) is 0 Å². The molecule has 1 rings (SSSR count). The van der Waals surface area contributed by atoms with Gasteiger partial charge in [-0.25, -0.2) is 0 Å². The van der Waals surface area contributed by atoms with E-state index in [-0.39, 0.29) is 5.56 Å². The average Bonchev–Trinajstić information content (AvgIpc) is 2.26. The van der Waals surface area contributed by atoms with Crippen LogP contribution in [0, 0.1) is 10.1 Å². The van der Waals surface area contributed by atoms with Crippen molar-refractivity contribution in [1.82, 2.24) is 0 Å². The van der Waals surface area contributed by atoms with Gasteiger partial charge in [-0.15, -0.1) is 11.6 Å². The van der Waals surface area contributed by atoms with E-state index < -0.39 is 34.1 Å². The Balaban J connectivity index is 3.24. The van der Waals surface area contributed by atoms with E-state index in [9.17, 15) is 23.7 Å². The number of Topliss-reactive ketones (excluding diaryl/α,β-unsaturated/α-hetero) is 1. The van der Waals surface area contributed by atoms with Crippen LogP contribution < -0.4 is 4.74 Å². The van der Waals surface area contributed by atoms with Gasteiger partial charge in [-0.2, -0.15) is 8.78 Å². The molecular formula is C10H8ClF2NO4.